The summed E-state index contributed by atoms with van der Waals surface area (Å²) in [6, 6.07) is 3.68. The lowest BCUT2D eigenvalue weighted by Gasteiger charge is -2.10. The predicted octanol–water partition coefficient (Wildman–Crippen LogP) is 1.58. The molecule has 0 aliphatic rings. The molecule has 1 aromatic rings. The Morgan fingerprint density at radius 3 is 2.83 bits per heavy atom. The summed E-state index contributed by atoms with van der Waals surface area (Å²) in [5, 5.41) is 8.74. The highest BCUT2D eigenvalue weighted by Crippen LogP contribution is 2.22. The van der Waals surface area contributed by atoms with Crippen LogP contribution in [0.25, 0.3) is 0 Å². The first-order chi connectivity index (χ1) is 5.65. The van der Waals surface area contributed by atoms with E-state index >= 15 is 0 Å². The van der Waals surface area contributed by atoms with Crippen LogP contribution in [0.5, 0.6) is 0 Å². The number of hydrogen-bond donors (Lipinski definition) is 2. The number of nitrogens with two attached hydrogens (primary N) is 1. The van der Waals surface area contributed by atoms with Crippen molar-refractivity contribution in [3.05, 3.63) is 34.1 Å². The van der Waals surface area contributed by atoms with Gasteiger partial charge in [0.2, 0.25) is 0 Å². The maximum Gasteiger partial charge on any atom is 0.123 e. The second-order valence-electron chi connectivity index (χ2n) is 2.45. The molecule has 0 saturated carbocycles. The molecule has 0 amide bonds. The van der Waals surface area contributed by atoms with E-state index in [-0.39, 0.29) is 12.4 Å². The smallest absolute Gasteiger partial charge is 0.123 e. The lowest BCUT2D eigenvalue weighted by molar-refractivity contribution is 0.267. The van der Waals surface area contributed by atoms with Crippen LogP contribution in [0.4, 0.5) is 4.39 Å². The molecule has 0 fully saturated rings. The van der Waals surface area contributed by atoms with E-state index in [2.05, 4.69) is 15.9 Å². The van der Waals surface area contributed by atoms with Gasteiger partial charge in [-0.15, -0.1) is 0 Å². The number of aliphatic hydroxyl groups is 1. The van der Waals surface area contributed by atoms with E-state index in [1.807, 2.05) is 0 Å². The van der Waals surface area contributed by atoms with Crippen molar-refractivity contribution < 1.29 is 9.50 Å². The Morgan fingerprint density at radius 2 is 2.25 bits per heavy atom. The molecule has 4 heteroatoms. The first kappa shape index (κ1) is 9.64. The number of benzene rings is 1. The third-order valence-electron chi connectivity index (χ3n) is 1.55. The highest BCUT2D eigenvalue weighted by Gasteiger charge is 2.08. The van der Waals surface area contributed by atoms with E-state index < -0.39 is 6.04 Å². The van der Waals surface area contributed by atoms with Gasteiger partial charge in [0.25, 0.3) is 0 Å². The Labute approximate surface area is 78.3 Å². The Bertz CT molecular complexity index is 280. The van der Waals surface area contributed by atoms with Crippen LogP contribution in [0.3, 0.4) is 0 Å². The third kappa shape index (κ3) is 2.03. The van der Waals surface area contributed by atoms with E-state index in [0.29, 0.717) is 10.0 Å². The molecule has 0 aromatic heterocycles. The molecule has 0 bridgehead atoms. The Morgan fingerprint density at radius 1 is 1.58 bits per heavy atom. The van der Waals surface area contributed by atoms with Crippen LogP contribution in [0.15, 0.2) is 22.7 Å². The molecule has 2 nitrogen and oxygen atoms in total. The monoisotopic (exact) mass is 233 g/mol. The molecule has 3 N–H and O–H groups in total. The molecule has 0 aliphatic carbocycles. The van der Waals surface area contributed by atoms with Gasteiger partial charge in [-0.3, -0.25) is 0 Å². The quantitative estimate of drug-likeness (QED) is 0.815. The van der Waals surface area contributed by atoms with E-state index in [0.717, 1.165) is 0 Å². The minimum atomic E-state index is -0.532. The molecule has 0 aliphatic heterocycles. The van der Waals surface area contributed by atoms with Crippen molar-refractivity contribution >= 4 is 15.9 Å². The van der Waals surface area contributed by atoms with Gasteiger partial charge < -0.3 is 10.8 Å². The standard InChI is InChI=1S/C8H9BrFNO/c9-7-2-1-5(10)3-6(7)8(11)4-12/h1-3,8,12H,4,11H2. The average molecular weight is 234 g/mol. The summed E-state index contributed by atoms with van der Waals surface area (Å²) in [6.07, 6.45) is 0. The maximum absolute atomic E-state index is 12.7. The minimum Gasteiger partial charge on any atom is -0.394 e. The van der Waals surface area contributed by atoms with Crippen LogP contribution in [0, 0.1) is 5.82 Å². The summed E-state index contributed by atoms with van der Waals surface area (Å²) in [5.74, 6) is -0.350. The van der Waals surface area contributed by atoms with Gasteiger partial charge in [0.15, 0.2) is 0 Å². The van der Waals surface area contributed by atoms with E-state index in [1.54, 1.807) is 6.07 Å². The molecule has 1 rings (SSSR count). The number of aliphatic hydroxyl groups excluding tert-OH is 1. The molecule has 0 saturated heterocycles. The highest BCUT2D eigenvalue weighted by atomic mass is 79.9. The molecule has 12 heavy (non-hydrogen) atoms. The predicted molar refractivity (Wildman–Crippen MR) is 48.1 cm³/mol. The van der Waals surface area contributed by atoms with Gasteiger partial charge in [-0.1, -0.05) is 15.9 Å². The van der Waals surface area contributed by atoms with E-state index in [1.165, 1.54) is 12.1 Å². The maximum atomic E-state index is 12.7. The van der Waals surface area contributed by atoms with Crippen molar-refractivity contribution in [1.82, 2.24) is 0 Å². The summed E-state index contributed by atoms with van der Waals surface area (Å²) in [6.45, 7) is -0.192. The first-order valence-corrected chi connectivity index (χ1v) is 4.26. The molecule has 1 aromatic carbocycles. The second-order valence-corrected chi connectivity index (χ2v) is 3.31. The lowest BCUT2D eigenvalue weighted by atomic mass is 10.1. The van der Waals surface area contributed by atoms with E-state index in [9.17, 15) is 4.39 Å². The van der Waals surface area contributed by atoms with Crippen molar-refractivity contribution in [2.75, 3.05) is 6.61 Å². The zero-order valence-electron chi connectivity index (χ0n) is 6.30. The fourth-order valence-corrected chi connectivity index (χ4v) is 1.44. The van der Waals surface area contributed by atoms with Crippen LogP contribution >= 0.6 is 15.9 Å². The Hall–Kier alpha value is -0.450. The van der Waals surface area contributed by atoms with Gasteiger partial charge in [0, 0.05) is 4.47 Å². The molecule has 1 atom stereocenters. The number of hydrogen-bond acceptors (Lipinski definition) is 2. The third-order valence-corrected chi connectivity index (χ3v) is 2.28. The molecule has 66 valence electrons. The molecule has 0 spiro atoms. The number of halogens is 2. The molecule has 1 unspecified atom stereocenters. The van der Waals surface area contributed by atoms with Crippen LogP contribution in [-0.4, -0.2) is 11.7 Å². The van der Waals surface area contributed by atoms with Crippen LogP contribution in [0.2, 0.25) is 0 Å². The zero-order valence-corrected chi connectivity index (χ0v) is 7.88. The van der Waals surface area contributed by atoms with Gasteiger partial charge in [0.1, 0.15) is 5.82 Å². The summed E-state index contributed by atoms with van der Waals surface area (Å²) < 4.78 is 13.4. The normalized spacial score (nSPS) is 13.0. The van der Waals surface area contributed by atoms with E-state index in [4.69, 9.17) is 10.8 Å². The zero-order chi connectivity index (χ0) is 9.14. The van der Waals surface area contributed by atoms with Gasteiger partial charge >= 0.3 is 0 Å². The van der Waals surface area contributed by atoms with Crippen molar-refractivity contribution in [2.24, 2.45) is 5.73 Å². The van der Waals surface area contributed by atoms with Gasteiger partial charge in [-0.05, 0) is 23.8 Å². The fourth-order valence-electron chi connectivity index (χ4n) is 0.897. The molecular formula is C8H9BrFNO. The second kappa shape index (κ2) is 3.98. The van der Waals surface area contributed by atoms with Gasteiger partial charge in [-0.25, -0.2) is 4.39 Å². The fraction of sp³-hybridized carbons (Fsp3) is 0.250. The largest absolute Gasteiger partial charge is 0.394 e. The first-order valence-electron chi connectivity index (χ1n) is 3.46. The summed E-state index contributed by atoms with van der Waals surface area (Å²) in [5.41, 5.74) is 6.10. The Kier molecular flexibility index (Phi) is 3.20. The van der Waals surface area contributed by atoms with Crippen LogP contribution in [-0.2, 0) is 0 Å². The topological polar surface area (TPSA) is 46.2 Å². The summed E-state index contributed by atoms with van der Waals surface area (Å²) in [7, 11) is 0. The molecule has 0 heterocycles. The summed E-state index contributed by atoms with van der Waals surface area (Å²) in [4.78, 5) is 0. The molecular weight excluding hydrogens is 225 g/mol. The molecule has 0 radical (unpaired) electrons. The van der Waals surface area contributed by atoms with Crippen molar-refractivity contribution in [3.8, 4) is 0 Å². The van der Waals surface area contributed by atoms with Gasteiger partial charge in [0.05, 0.1) is 12.6 Å². The SMILES string of the molecule is NC(CO)c1cc(F)ccc1Br. The van der Waals surface area contributed by atoms with Crippen LogP contribution in [0.1, 0.15) is 11.6 Å². The summed E-state index contributed by atoms with van der Waals surface area (Å²) >= 11 is 3.21. The minimum absolute atomic E-state index is 0.192. The van der Waals surface area contributed by atoms with Crippen LogP contribution < -0.4 is 5.73 Å². The Balaban J connectivity index is 3.04. The van der Waals surface area contributed by atoms with Gasteiger partial charge in [-0.2, -0.15) is 0 Å². The highest BCUT2D eigenvalue weighted by molar-refractivity contribution is 9.10. The average Bonchev–Trinajstić information content (AvgIpc) is 2.08. The lowest BCUT2D eigenvalue weighted by Crippen LogP contribution is -2.15. The number of rotatable bonds is 2. The van der Waals surface area contributed by atoms with Crippen molar-refractivity contribution in [3.63, 3.8) is 0 Å². The van der Waals surface area contributed by atoms with Crippen molar-refractivity contribution in [2.45, 2.75) is 6.04 Å². The van der Waals surface area contributed by atoms with Crippen molar-refractivity contribution in [1.29, 1.82) is 0 Å².